The number of amides is 2. The normalized spacial score (nSPS) is 19.2. The van der Waals surface area contributed by atoms with Crippen molar-refractivity contribution in [3.8, 4) is 0 Å². The monoisotopic (exact) mass is 393 g/mol. The number of rotatable bonds is 6. The predicted molar refractivity (Wildman–Crippen MR) is 101 cm³/mol. The van der Waals surface area contributed by atoms with Crippen molar-refractivity contribution in [3.63, 3.8) is 0 Å². The molecule has 7 nitrogen and oxygen atoms in total. The van der Waals surface area contributed by atoms with Gasteiger partial charge in [-0.05, 0) is 25.0 Å². The van der Waals surface area contributed by atoms with Gasteiger partial charge in [0.2, 0.25) is 21.8 Å². The van der Waals surface area contributed by atoms with Crippen LogP contribution in [0, 0.1) is 5.92 Å². The molecule has 0 bridgehead atoms. The third kappa shape index (κ3) is 4.87. The van der Waals surface area contributed by atoms with E-state index in [0.29, 0.717) is 19.6 Å². The lowest BCUT2D eigenvalue weighted by Gasteiger charge is -2.34. The maximum atomic E-state index is 12.6. The van der Waals surface area contributed by atoms with Crippen LogP contribution in [-0.4, -0.2) is 62.2 Å². The summed E-state index contributed by atoms with van der Waals surface area (Å²) in [6.45, 7) is 1.68. The van der Waals surface area contributed by atoms with E-state index in [1.807, 2.05) is 0 Å². The van der Waals surface area contributed by atoms with E-state index in [0.717, 1.165) is 25.7 Å². The molecule has 3 rings (SSSR count). The Morgan fingerprint density at radius 3 is 2.26 bits per heavy atom. The van der Waals surface area contributed by atoms with E-state index >= 15 is 0 Å². The summed E-state index contributed by atoms with van der Waals surface area (Å²) in [5.74, 6) is 0.115. The summed E-state index contributed by atoms with van der Waals surface area (Å²) in [5.41, 5.74) is 0. The molecular weight excluding hydrogens is 366 g/mol. The Morgan fingerprint density at radius 2 is 1.63 bits per heavy atom. The summed E-state index contributed by atoms with van der Waals surface area (Å²) in [5, 5.41) is 2.86. The van der Waals surface area contributed by atoms with E-state index in [-0.39, 0.29) is 42.1 Å². The first-order valence-corrected chi connectivity index (χ1v) is 11.0. The fourth-order valence-corrected chi connectivity index (χ4v) is 5.15. The molecule has 2 amide bonds. The molecule has 0 unspecified atom stereocenters. The Morgan fingerprint density at radius 1 is 1.00 bits per heavy atom. The second-order valence-corrected chi connectivity index (χ2v) is 9.06. The van der Waals surface area contributed by atoms with Gasteiger partial charge >= 0.3 is 0 Å². The molecule has 0 spiro atoms. The molecule has 0 atom stereocenters. The number of nitrogens with zero attached hydrogens (tertiary/aromatic N) is 2. The highest BCUT2D eigenvalue weighted by atomic mass is 32.2. The quantitative estimate of drug-likeness (QED) is 0.787. The van der Waals surface area contributed by atoms with Gasteiger partial charge in [-0.15, -0.1) is 0 Å². The van der Waals surface area contributed by atoms with Crippen LogP contribution >= 0.6 is 0 Å². The number of nitrogens with one attached hydrogen (secondary N) is 1. The zero-order valence-electron chi connectivity index (χ0n) is 15.5. The van der Waals surface area contributed by atoms with Gasteiger partial charge < -0.3 is 10.2 Å². The van der Waals surface area contributed by atoms with Crippen LogP contribution in [0.3, 0.4) is 0 Å². The number of hydrogen-bond donors (Lipinski definition) is 1. The van der Waals surface area contributed by atoms with Gasteiger partial charge in [0, 0.05) is 45.1 Å². The largest absolute Gasteiger partial charge is 0.355 e. The van der Waals surface area contributed by atoms with E-state index in [1.54, 1.807) is 35.2 Å². The van der Waals surface area contributed by atoms with Gasteiger partial charge in [-0.25, -0.2) is 8.42 Å². The van der Waals surface area contributed by atoms with Crippen molar-refractivity contribution in [2.75, 3.05) is 32.7 Å². The average molecular weight is 394 g/mol. The van der Waals surface area contributed by atoms with Crippen molar-refractivity contribution in [2.24, 2.45) is 5.92 Å². The van der Waals surface area contributed by atoms with Crippen LogP contribution < -0.4 is 5.32 Å². The first-order chi connectivity index (χ1) is 13.0. The second kappa shape index (κ2) is 8.84. The molecule has 2 aliphatic rings. The Balaban J connectivity index is 1.43. The SMILES string of the molecule is O=C(NCCC(=O)N1CCN(S(=O)(=O)c2ccccc2)CC1)C1CCCC1. The Labute approximate surface area is 160 Å². The van der Waals surface area contributed by atoms with E-state index in [9.17, 15) is 18.0 Å². The molecule has 148 valence electrons. The zero-order valence-corrected chi connectivity index (χ0v) is 16.3. The molecule has 8 heteroatoms. The van der Waals surface area contributed by atoms with Gasteiger partial charge in [0.05, 0.1) is 4.90 Å². The highest BCUT2D eigenvalue weighted by molar-refractivity contribution is 7.89. The van der Waals surface area contributed by atoms with Crippen LogP contribution in [0.15, 0.2) is 35.2 Å². The number of carbonyl (C=O) groups is 2. The molecule has 1 heterocycles. The summed E-state index contributed by atoms with van der Waals surface area (Å²) in [6.07, 6.45) is 4.35. The van der Waals surface area contributed by atoms with Crippen LogP contribution in [0.25, 0.3) is 0 Å². The molecule has 0 aromatic heterocycles. The lowest BCUT2D eigenvalue weighted by molar-refractivity contribution is -0.132. The number of piperazine rings is 1. The van der Waals surface area contributed by atoms with Crippen LogP contribution in [0.4, 0.5) is 0 Å². The fraction of sp³-hybridized carbons (Fsp3) is 0.579. The van der Waals surface area contributed by atoms with Crippen molar-refractivity contribution >= 4 is 21.8 Å². The lowest BCUT2D eigenvalue weighted by Crippen LogP contribution is -2.50. The highest BCUT2D eigenvalue weighted by Crippen LogP contribution is 2.24. The zero-order chi connectivity index (χ0) is 19.3. The summed E-state index contributed by atoms with van der Waals surface area (Å²) in [4.78, 5) is 26.3. The third-order valence-electron chi connectivity index (χ3n) is 5.34. The molecule has 27 heavy (non-hydrogen) atoms. The molecule has 1 N–H and O–H groups in total. The first-order valence-electron chi connectivity index (χ1n) is 9.59. The first kappa shape index (κ1) is 19.8. The van der Waals surface area contributed by atoms with Crippen LogP contribution in [-0.2, 0) is 19.6 Å². The maximum absolute atomic E-state index is 12.6. The van der Waals surface area contributed by atoms with Gasteiger partial charge in [-0.2, -0.15) is 4.31 Å². The molecule has 1 saturated carbocycles. The summed E-state index contributed by atoms with van der Waals surface area (Å²) in [6, 6.07) is 8.35. The molecule has 1 aromatic rings. The third-order valence-corrected chi connectivity index (χ3v) is 7.25. The molecular formula is C19H27N3O4S. The highest BCUT2D eigenvalue weighted by Gasteiger charge is 2.30. The number of benzene rings is 1. The summed E-state index contributed by atoms with van der Waals surface area (Å²) >= 11 is 0. The van der Waals surface area contributed by atoms with Crippen LogP contribution in [0.1, 0.15) is 32.1 Å². The van der Waals surface area contributed by atoms with Crippen molar-refractivity contribution in [3.05, 3.63) is 30.3 Å². The van der Waals surface area contributed by atoms with Crippen molar-refractivity contribution in [2.45, 2.75) is 37.0 Å². The standard InChI is InChI=1S/C19H27N3O4S/c23-18(10-11-20-19(24)16-6-4-5-7-16)21-12-14-22(15-13-21)27(25,26)17-8-2-1-3-9-17/h1-3,8-9,16H,4-7,10-15H2,(H,20,24). The predicted octanol–water partition coefficient (Wildman–Crippen LogP) is 1.22. The number of carbonyl (C=O) groups excluding carboxylic acids is 2. The summed E-state index contributed by atoms with van der Waals surface area (Å²) < 4.78 is 26.6. The Bertz CT molecular complexity index is 752. The maximum Gasteiger partial charge on any atom is 0.243 e. The molecule has 2 fully saturated rings. The fourth-order valence-electron chi connectivity index (χ4n) is 3.70. The summed E-state index contributed by atoms with van der Waals surface area (Å²) in [7, 11) is -3.51. The minimum absolute atomic E-state index is 0.0431. The van der Waals surface area contributed by atoms with E-state index in [4.69, 9.17) is 0 Å². The van der Waals surface area contributed by atoms with Crippen LogP contribution in [0.5, 0.6) is 0 Å². The number of hydrogen-bond acceptors (Lipinski definition) is 4. The molecule has 1 aliphatic heterocycles. The number of sulfonamides is 1. The minimum atomic E-state index is -3.51. The second-order valence-electron chi connectivity index (χ2n) is 7.12. The molecule has 1 saturated heterocycles. The topological polar surface area (TPSA) is 86.8 Å². The van der Waals surface area contributed by atoms with Gasteiger partial charge in [-0.3, -0.25) is 9.59 Å². The smallest absolute Gasteiger partial charge is 0.243 e. The Hall–Kier alpha value is -1.93. The Kier molecular flexibility index (Phi) is 6.49. The molecule has 1 aliphatic carbocycles. The van der Waals surface area contributed by atoms with Crippen LogP contribution in [0.2, 0.25) is 0 Å². The van der Waals surface area contributed by atoms with Gasteiger partial charge in [-0.1, -0.05) is 31.0 Å². The molecule has 0 radical (unpaired) electrons. The van der Waals surface area contributed by atoms with Crippen molar-refractivity contribution < 1.29 is 18.0 Å². The van der Waals surface area contributed by atoms with Crippen molar-refractivity contribution in [1.82, 2.24) is 14.5 Å². The van der Waals surface area contributed by atoms with E-state index < -0.39 is 10.0 Å². The van der Waals surface area contributed by atoms with Gasteiger partial charge in [0.1, 0.15) is 0 Å². The van der Waals surface area contributed by atoms with Gasteiger partial charge in [0.25, 0.3) is 0 Å². The minimum Gasteiger partial charge on any atom is -0.355 e. The lowest BCUT2D eigenvalue weighted by atomic mass is 10.1. The van der Waals surface area contributed by atoms with E-state index in [2.05, 4.69) is 5.32 Å². The van der Waals surface area contributed by atoms with Gasteiger partial charge in [0.15, 0.2) is 0 Å². The average Bonchev–Trinajstić information content (AvgIpc) is 3.23. The molecule has 1 aromatic carbocycles. The van der Waals surface area contributed by atoms with E-state index in [1.165, 1.54) is 4.31 Å². The van der Waals surface area contributed by atoms with Crippen molar-refractivity contribution in [1.29, 1.82) is 0 Å².